The molecule has 1 heterocycles. The zero-order chi connectivity index (χ0) is 25.0. The van der Waals surface area contributed by atoms with Crippen molar-refractivity contribution in [2.45, 2.75) is 53.9 Å². The zero-order valence-corrected chi connectivity index (χ0v) is 21.3. The van der Waals surface area contributed by atoms with Crippen LogP contribution in [0, 0.1) is 19.8 Å². The van der Waals surface area contributed by atoms with Crippen molar-refractivity contribution in [1.29, 1.82) is 0 Å². The molecule has 2 amide bonds. The minimum Gasteiger partial charge on any atom is -0.329 e. The summed E-state index contributed by atoms with van der Waals surface area (Å²) in [6.45, 7) is 14.8. The zero-order valence-electron chi connectivity index (χ0n) is 21.3. The summed E-state index contributed by atoms with van der Waals surface area (Å²) >= 11 is 0. The number of carbonyl (C=O) groups is 2. The number of amides is 2. The number of hydrogen-bond acceptors (Lipinski definition) is 3. The van der Waals surface area contributed by atoms with Crippen LogP contribution in [-0.4, -0.2) is 39.6 Å². The fourth-order valence-electron chi connectivity index (χ4n) is 3.69. The minimum absolute atomic E-state index is 0.0330. The number of benzene rings is 2. The van der Waals surface area contributed by atoms with Crippen molar-refractivity contribution in [2.75, 3.05) is 18.4 Å². The number of hydrogen-bond donors (Lipinski definition) is 1. The van der Waals surface area contributed by atoms with Gasteiger partial charge < -0.3 is 10.2 Å². The van der Waals surface area contributed by atoms with Crippen LogP contribution in [-0.2, 0) is 10.2 Å². The quantitative estimate of drug-likeness (QED) is 0.505. The number of anilines is 1. The molecule has 0 aliphatic carbocycles. The predicted molar refractivity (Wildman–Crippen MR) is 138 cm³/mol. The second kappa shape index (κ2) is 10.2. The van der Waals surface area contributed by atoms with E-state index in [9.17, 15) is 9.59 Å². The van der Waals surface area contributed by atoms with E-state index in [0.29, 0.717) is 17.9 Å². The van der Waals surface area contributed by atoms with Crippen molar-refractivity contribution in [3.05, 3.63) is 77.0 Å². The Morgan fingerprint density at radius 3 is 2.26 bits per heavy atom. The molecule has 0 bridgehead atoms. The van der Waals surface area contributed by atoms with E-state index in [4.69, 9.17) is 5.10 Å². The molecule has 0 saturated carbocycles. The smallest absolute Gasteiger partial charge is 0.254 e. The van der Waals surface area contributed by atoms with Crippen LogP contribution in [0.3, 0.4) is 0 Å². The Hall–Kier alpha value is -3.41. The number of aryl methyl sites for hydroxylation is 2. The molecule has 0 atom stereocenters. The number of carbonyl (C=O) groups excluding carboxylic acids is 2. The van der Waals surface area contributed by atoms with Gasteiger partial charge in [0, 0.05) is 23.6 Å². The second-order valence-electron chi connectivity index (χ2n) is 10.4. The summed E-state index contributed by atoms with van der Waals surface area (Å²) in [5.41, 5.74) is 4.34. The van der Waals surface area contributed by atoms with Gasteiger partial charge in [-0.05, 0) is 49.6 Å². The second-order valence-corrected chi connectivity index (χ2v) is 10.4. The lowest BCUT2D eigenvalue weighted by atomic mass is 9.92. The van der Waals surface area contributed by atoms with Gasteiger partial charge in [-0.1, -0.05) is 64.4 Å². The third-order valence-electron chi connectivity index (χ3n) is 5.50. The summed E-state index contributed by atoms with van der Waals surface area (Å²) < 4.78 is 1.76. The first-order valence-electron chi connectivity index (χ1n) is 11.8. The van der Waals surface area contributed by atoms with Crippen LogP contribution in [0.15, 0.2) is 54.6 Å². The third kappa shape index (κ3) is 6.34. The number of nitrogens with zero attached hydrogens (tertiary/aromatic N) is 3. The number of rotatable bonds is 7. The van der Waals surface area contributed by atoms with E-state index in [1.807, 2.05) is 82.3 Å². The molecule has 2 aromatic carbocycles. The molecule has 6 heteroatoms. The van der Waals surface area contributed by atoms with Crippen molar-refractivity contribution < 1.29 is 9.59 Å². The lowest BCUT2D eigenvalue weighted by molar-refractivity contribution is -0.117. The Bertz CT molecular complexity index is 1150. The molecule has 1 aromatic heterocycles. The summed E-state index contributed by atoms with van der Waals surface area (Å²) in [6.07, 6.45) is 0. The van der Waals surface area contributed by atoms with Gasteiger partial charge in [-0.3, -0.25) is 9.59 Å². The Morgan fingerprint density at radius 1 is 1.00 bits per heavy atom. The summed E-state index contributed by atoms with van der Waals surface area (Å²) in [5.74, 6) is 0.419. The molecule has 0 saturated heterocycles. The molecule has 0 fully saturated rings. The number of nitrogens with one attached hydrogen (secondary N) is 1. The SMILES string of the molecule is Cc1ccc(C(=O)N(CC(=O)Nc2cc(C(C)(C)C)nn2-c2cccc(C)c2)CC(C)C)cc1. The first-order chi connectivity index (χ1) is 15.9. The van der Waals surface area contributed by atoms with Crippen LogP contribution < -0.4 is 5.32 Å². The molecule has 0 spiro atoms. The van der Waals surface area contributed by atoms with Crippen molar-refractivity contribution in [3.8, 4) is 5.69 Å². The van der Waals surface area contributed by atoms with Gasteiger partial charge in [-0.25, -0.2) is 4.68 Å². The van der Waals surface area contributed by atoms with Crippen molar-refractivity contribution >= 4 is 17.6 Å². The molecular weight excluding hydrogens is 424 g/mol. The molecule has 3 aromatic rings. The van der Waals surface area contributed by atoms with Crippen LogP contribution in [0.2, 0.25) is 0 Å². The van der Waals surface area contributed by atoms with Crippen LogP contribution in [0.25, 0.3) is 5.69 Å². The average Bonchev–Trinajstić information content (AvgIpc) is 3.17. The van der Waals surface area contributed by atoms with Gasteiger partial charge >= 0.3 is 0 Å². The van der Waals surface area contributed by atoms with Gasteiger partial charge in [0.2, 0.25) is 5.91 Å². The fourth-order valence-corrected chi connectivity index (χ4v) is 3.69. The van der Waals surface area contributed by atoms with Crippen molar-refractivity contribution in [1.82, 2.24) is 14.7 Å². The van der Waals surface area contributed by atoms with Crippen molar-refractivity contribution in [3.63, 3.8) is 0 Å². The van der Waals surface area contributed by atoms with Gasteiger partial charge in [0.25, 0.3) is 5.91 Å². The molecule has 0 radical (unpaired) electrons. The largest absolute Gasteiger partial charge is 0.329 e. The predicted octanol–water partition coefficient (Wildman–Crippen LogP) is 5.52. The van der Waals surface area contributed by atoms with E-state index in [-0.39, 0.29) is 29.7 Å². The van der Waals surface area contributed by atoms with Crippen LogP contribution in [0.4, 0.5) is 5.82 Å². The summed E-state index contributed by atoms with van der Waals surface area (Å²) in [4.78, 5) is 27.9. The van der Waals surface area contributed by atoms with E-state index in [0.717, 1.165) is 22.5 Å². The van der Waals surface area contributed by atoms with E-state index >= 15 is 0 Å². The normalized spacial score (nSPS) is 11.5. The van der Waals surface area contributed by atoms with E-state index < -0.39 is 0 Å². The highest BCUT2D eigenvalue weighted by Crippen LogP contribution is 2.26. The summed E-state index contributed by atoms with van der Waals surface area (Å²) in [6, 6.07) is 17.3. The molecule has 34 heavy (non-hydrogen) atoms. The lowest BCUT2D eigenvalue weighted by Crippen LogP contribution is -2.40. The highest BCUT2D eigenvalue weighted by Gasteiger charge is 2.24. The Morgan fingerprint density at radius 2 is 1.68 bits per heavy atom. The highest BCUT2D eigenvalue weighted by atomic mass is 16.2. The maximum absolute atomic E-state index is 13.2. The molecule has 0 aliphatic rings. The Labute approximate surface area is 203 Å². The van der Waals surface area contributed by atoms with Gasteiger partial charge in [-0.15, -0.1) is 0 Å². The summed E-state index contributed by atoms with van der Waals surface area (Å²) in [5, 5.41) is 7.79. The molecule has 0 unspecified atom stereocenters. The molecular formula is C28H36N4O2. The standard InChI is InChI=1S/C28H36N4O2/c1-19(2)17-31(27(34)22-13-11-20(3)12-14-22)18-26(33)29-25-16-24(28(5,6)7)30-32(25)23-10-8-9-21(4)15-23/h8-16,19H,17-18H2,1-7H3,(H,29,33). The first kappa shape index (κ1) is 25.2. The number of aromatic nitrogens is 2. The molecule has 0 aliphatic heterocycles. The maximum atomic E-state index is 13.2. The Balaban J connectivity index is 1.87. The van der Waals surface area contributed by atoms with E-state index in [1.165, 1.54) is 0 Å². The van der Waals surface area contributed by atoms with Gasteiger partial charge in [0.15, 0.2) is 0 Å². The first-order valence-corrected chi connectivity index (χ1v) is 11.8. The topological polar surface area (TPSA) is 67.2 Å². The lowest BCUT2D eigenvalue weighted by Gasteiger charge is -2.24. The van der Waals surface area contributed by atoms with Crippen LogP contribution in [0.5, 0.6) is 0 Å². The molecule has 3 rings (SSSR count). The summed E-state index contributed by atoms with van der Waals surface area (Å²) in [7, 11) is 0. The van der Waals surface area contributed by atoms with Crippen LogP contribution in [0.1, 0.15) is 61.8 Å². The fraction of sp³-hybridized carbons (Fsp3) is 0.393. The van der Waals surface area contributed by atoms with Gasteiger partial charge in [0.1, 0.15) is 12.4 Å². The monoisotopic (exact) mass is 460 g/mol. The average molecular weight is 461 g/mol. The highest BCUT2D eigenvalue weighted by molar-refractivity contribution is 5.99. The van der Waals surface area contributed by atoms with Gasteiger partial charge in [0.05, 0.1) is 11.4 Å². The minimum atomic E-state index is -0.254. The van der Waals surface area contributed by atoms with Gasteiger partial charge in [-0.2, -0.15) is 5.10 Å². The maximum Gasteiger partial charge on any atom is 0.254 e. The molecule has 180 valence electrons. The Kier molecular flexibility index (Phi) is 7.60. The molecule has 6 nitrogen and oxygen atoms in total. The van der Waals surface area contributed by atoms with Crippen LogP contribution >= 0.6 is 0 Å². The molecule has 1 N–H and O–H groups in total. The van der Waals surface area contributed by atoms with Crippen molar-refractivity contribution in [2.24, 2.45) is 5.92 Å². The van der Waals surface area contributed by atoms with E-state index in [1.54, 1.807) is 9.58 Å². The third-order valence-corrected chi connectivity index (χ3v) is 5.50. The van der Waals surface area contributed by atoms with E-state index in [2.05, 4.69) is 26.1 Å².